The molecule has 0 aliphatic carbocycles. The molecule has 5 rings (SSSR count). The zero-order valence-electron chi connectivity index (χ0n) is 22.7. The van der Waals surface area contributed by atoms with Gasteiger partial charge >= 0.3 is 0 Å². The van der Waals surface area contributed by atoms with Gasteiger partial charge in [0.2, 0.25) is 11.7 Å². The molecule has 10 atom stereocenters. The van der Waals surface area contributed by atoms with E-state index in [4.69, 9.17) is 32.8 Å². The van der Waals surface area contributed by atoms with E-state index in [0.29, 0.717) is 0 Å². The molecule has 0 bridgehead atoms. The first-order valence-corrected chi connectivity index (χ1v) is 13.0. The van der Waals surface area contributed by atoms with Gasteiger partial charge in [-0.25, -0.2) is 0 Å². The Morgan fingerprint density at radius 2 is 1.55 bits per heavy atom. The SMILES string of the molecule is COc1cc(O)c2c(=O)c3cc(OC)c(O[C@@H]4O[C@H](CO)[C@@H](O)[C@@H](O)[C@H]4O[C@@H]4O[C@H](C)[C@H](O)[C@@H](O)[C@H]4O)cc3oc2c1. The molecule has 15 nitrogen and oxygen atoms in total. The van der Waals surface area contributed by atoms with Crippen molar-refractivity contribution in [3.63, 3.8) is 0 Å². The minimum atomic E-state index is -1.75. The summed E-state index contributed by atoms with van der Waals surface area (Å²) in [6.07, 6.45) is -15.3. The van der Waals surface area contributed by atoms with Crippen LogP contribution in [0.25, 0.3) is 21.9 Å². The molecule has 0 radical (unpaired) electrons. The van der Waals surface area contributed by atoms with E-state index in [1.165, 1.54) is 45.4 Å². The van der Waals surface area contributed by atoms with Crippen molar-refractivity contribution in [2.24, 2.45) is 0 Å². The Morgan fingerprint density at radius 3 is 2.21 bits per heavy atom. The highest BCUT2D eigenvalue weighted by atomic mass is 16.8. The smallest absolute Gasteiger partial charge is 0.229 e. The summed E-state index contributed by atoms with van der Waals surface area (Å²) in [4.78, 5) is 13.3. The third-order valence-corrected chi connectivity index (χ3v) is 7.42. The summed E-state index contributed by atoms with van der Waals surface area (Å²) < 4.78 is 39.3. The second-order valence-electron chi connectivity index (χ2n) is 10.1. The molecule has 15 heteroatoms. The second kappa shape index (κ2) is 11.8. The number of aliphatic hydroxyl groups is 6. The summed E-state index contributed by atoms with van der Waals surface area (Å²) in [5, 5.41) is 72.1. The molecular formula is C27H32O15. The quantitative estimate of drug-likeness (QED) is 0.157. The van der Waals surface area contributed by atoms with Crippen LogP contribution in [0.15, 0.2) is 33.5 Å². The molecule has 7 N–H and O–H groups in total. The Morgan fingerprint density at radius 1 is 0.810 bits per heavy atom. The molecule has 0 unspecified atom stereocenters. The zero-order chi connectivity index (χ0) is 30.5. The van der Waals surface area contributed by atoms with Crippen LogP contribution in [0.5, 0.6) is 23.0 Å². The van der Waals surface area contributed by atoms with E-state index >= 15 is 0 Å². The summed E-state index contributed by atoms with van der Waals surface area (Å²) in [6, 6.07) is 5.29. The normalized spacial score (nSPS) is 33.5. The fraction of sp³-hybridized carbons (Fsp3) is 0.519. The Hall–Kier alpha value is -3.25. The van der Waals surface area contributed by atoms with Crippen LogP contribution in [0.3, 0.4) is 0 Å². The van der Waals surface area contributed by atoms with Gasteiger partial charge in [0.15, 0.2) is 23.9 Å². The molecular weight excluding hydrogens is 564 g/mol. The van der Waals surface area contributed by atoms with Crippen LogP contribution >= 0.6 is 0 Å². The van der Waals surface area contributed by atoms with Crippen LogP contribution in [-0.2, 0) is 14.2 Å². The average Bonchev–Trinajstić information content (AvgIpc) is 2.97. The van der Waals surface area contributed by atoms with Gasteiger partial charge in [0.05, 0.1) is 32.3 Å². The molecule has 1 aromatic heterocycles. The average molecular weight is 597 g/mol. The number of benzene rings is 2. The highest BCUT2D eigenvalue weighted by molar-refractivity contribution is 5.95. The predicted molar refractivity (Wildman–Crippen MR) is 140 cm³/mol. The summed E-state index contributed by atoms with van der Waals surface area (Å²) in [5.41, 5.74) is -0.531. The monoisotopic (exact) mass is 596 g/mol. The van der Waals surface area contributed by atoms with E-state index in [9.17, 15) is 40.5 Å². The number of fused-ring (bicyclic) bond motifs is 2. The standard InChI is InChI=1S/C27H32O15/c1-9-19(30)22(33)24(35)26(38-9)42-25-23(34)21(32)17(8-28)41-27(25)40-15-7-13-11(6-14(15)37-3)20(31)18-12(29)4-10(36-2)5-16(18)39-13/h4-7,9,17,19,21-30,32-35H,8H2,1-3H3/t9-,17-,19+,21-,22-,23-,24-,25-,26+,27-/m1/s1. The number of hydrogen-bond donors (Lipinski definition) is 7. The predicted octanol–water partition coefficient (Wildman–Crippen LogP) is -1.30. The van der Waals surface area contributed by atoms with Crippen LogP contribution < -0.4 is 19.6 Å². The van der Waals surface area contributed by atoms with E-state index in [-0.39, 0.29) is 44.9 Å². The number of aliphatic hydroxyl groups excluding tert-OH is 6. The van der Waals surface area contributed by atoms with Gasteiger partial charge in [0.1, 0.15) is 64.7 Å². The van der Waals surface area contributed by atoms with Crippen molar-refractivity contribution < 1.29 is 68.6 Å². The van der Waals surface area contributed by atoms with E-state index in [1.54, 1.807) is 0 Å². The highest BCUT2D eigenvalue weighted by Gasteiger charge is 2.51. The number of hydrogen-bond acceptors (Lipinski definition) is 15. The highest BCUT2D eigenvalue weighted by Crippen LogP contribution is 2.38. The first-order valence-electron chi connectivity index (χ1n) is 13.0. The van der Waals surface area contributed by atoms with Crippen molar-refractivity contribution in [2.75, 3.05) is 20.8 Å². The van der Waals surface area contributed by atoms with Gasteiger partial charge in [0, 0.05) is 18.2 Å². The van der Waals surface area contributed by atoms with Crippen molar-refractivity contribution in [3.8, 4) is 23.0 Å². The number of phenolic OH excluding ortho intramolecular Hbond substituents is 1. The lowest BCUT2D eigenvalue weighted by atomic mass is 9.97. The van der Waals surface area contributed by atoms with E-state index in [0.717, 1.165) is 0 Å². The first-order chi connectivity index (χ1) is 20.0. The third kappa shape index (κ3) is 5.23. The maximum atomic E-state index is 13.3. The molecule has 2 saturated heterocycles. The lowest BCUT2D eigenvalue weighted by Crippen LogP contribution is -2.64. The van der Waals surface area contributed by atoms with Crippen molar-refractivity contribution >= 4 is 21.9 Å². The first kappa shape index (κ1) is 30.2. The van der Waals surface area contributed by atoms with Gasteiger partial charge < -0.3 is 68.6 Å². The Kier molecular flexibility index (Phi) is 8.48. The molecule has 0 saturated carbocycles. The van der Waals surface area contributed by atoms with Gasteiger partial charge in [-0.05, 0) is 13.0 Å². The van der Waals surface area contributed by atoms with Gasteiger partial charge in [-0.1, -0.05) is 0 Å². The zero-order valence-corrected chi connectivity index (χ0v) is 22.7. The topological polar surface area (TPSA) is 227 Å². The molecule has 2 aliphatic rings. The van der Waals surface area contributed by atoms with Crippen LogP contribution in [0, 0.1) is 0 Å². The van der Waals surface area contributed by atoms with Crippen molar-refractivity contribution in [1.29, 1.82) is 0 Å². The minimum absolute atomic E-state index is 0.00628. The summed E-state index contributed by atoms with van der Waals surface area (Å²) >= 11 is 0. The largest absolute Gasteiger partial charge is 0.507 e. The number of aromatic hydroxyl groups is 1. The Bertz CT molecular complexity index is 1490. The second-order valence-corrected chi connectivity index (χ2v) is 10.1. The lowest BCUT2D eigenvalue weighted by Gasteiger charge is -2.45. The van der Waals surface area contributed by atoms with Crippen molar-refractivity contribution in [2.45, 2.75) is 68.3 Å². The summed E-state index contributed by atoms with van der Waals surface area (Å²) in [7, 11) is 2.68. The molecule has 3 heterocycles. The number of ether oxygens (including phenoxy) is 6. The van der Waals surface area contributed by atoms with Crippen LogP contribution in [-0.4, -0.2) is 118 Å². The molecule has 230 valence electrons. The molecule has 0 amide bonds. The number of rotatable bonds is 7. The van der Waals surface area contributed by atoms with Crippen LogP contribution in [0.4, 0.5) is 0 Å². The molecule has 0 spiro atoms. The summed E-state index contributed by atoms with van der Waals surface area (Å²) in [6.45, 7) is 0.720. The summed E-state index contributed by atoms with van der Waals surface area (Å²) in [5.74, 6) is -0.180. The van der Waals surface area contributed by atoms with Gasteiger partial charge in [-0.3, -0.25) is 4.79 Å². The molecule has 2 fully saturated rings. The van der Waals surface area contributed by atoms with E-state index < -0.39 is 73.4 Å². The van der Waals surface area contributed by atoms with Gasteiger partial charge in [-0.15, -0.1) is 0 Å². The molecule has 3 aromatic rings. The fourth-order valence-electron chi connectivity index (χ4n) is 5.01. The minimum Gasteiger partial charge on any atom is -0.507 e. The fourth-order valence-corrected chi connectivity index (χ4v) is 5.01. The Labute approximate surface area is 237 Å². The Balaban J connectivity index is 1.54. The van der Waals surface area contributed by atoms with Crippen molar-refractivity contribution in [3.05, 3.63) is 34.5 Å². The van der Waals surface area contributed by atoms with Crippen LogP contribution in [0.1, 0.15) is 6.92 Å². The maximum Gasteiger partial charge on any atom is 0.229 e. The van der Waals surface area contributed by atoms with Crippen molar-refractivity contribution in [1.82, 2.24) is 0 Å². The number of phenols is 1. The molecule has 2 aliphatic heterocycles. The lowest BCUT2D eigenvalue weighted by molar-refractivity contribution is -0.354. The van der Waals surface area contributed by atoms with Gasteiger partial charge in [-0.2, -0.15) is 0 Å². The maximum absolute atomic E-state index is 13.3. The number of methoxy groups -OCH3 is 2. The molecule has 42 heavy (non-hydrogen) atoms. The van der Waals surface area contributed by atoms with Crippen LogP contribution in [0.2, 0.25) is 0 Å². The van der Waals surface area contributed by atoms with E-state index in [2.05, 4.69) is 0 Å². The van der Waals surface area contributed by atoms with Gasteiger partial charge in [0.25, 0.3) is 0 Å². The van der Waals surface area contributed by atoms with E-state index in [1.807, 2.05) is 0 Å². The molecule has 2 aromatic carbocycles. The third-order valence-electron chi connectivity index (χ3n) is 7.42.